The summed E-state index contributed by atoms with van der Waals surface area (Å²) in [4.78, 5) is 5.67. The van der Waals surface area contributed by atoms with Crippen LogP contribution in [0.15, 0.2) is 41.2 Å². The Kier molecular flexibility index (Phi) is 2.60. The second-order valence-corrected chi connectivity index (χ2v) is 5.37. The normalized spacial score (nSPS) is 10.8. The number of anilines is 1. The summed E-state index contributed by atoms with van der Waals surface area (Å²) in [7, 11) is 0. The molecular weight excluding hydrogens is 236 g/mol. The molecule has 0 atom stereocenters. The Morgan fingerprint density at radius 2 is 2.12 bits per heavy atom. The lowest BCUT2D eigenvalue weighted by Gasteiger charge is -2.05. The van der Waals surface area contributed by atoms with Gasteiger partial charge in [0.2, 0.25) is 0 Å². The van der Waals surface area contributed by atoms with E-state index in [1.165, 1.54) is 15.3 Å². The molecular formula is C12H10N2S2. The SMILES string of the molecule is c1csc(CNc2ccnc3ccsc23)c1. The molecule has 3 rings (SSSR count). The first kappa shape index (κ1) is 9.81. The minimum absolute atomic E-state index is 0.884. The van der Waals surface area contributed by atoms with Crippen molar-refractivity contribution in [2.45, 2.75) is 6.54 Å². The third-order valence-electron chi connectivity index (χ3n) is 2.38. The number of pyridine rings is 1. The van der Waals surface area contributed by atoms with Gasteiger partial charge in [-0.05, 0) is 29.0 Å². The molecule has 4 heteroatoms. The summed E-state index contributed by atoms with van der Waals surface area (Å²) in [5, 5.41) is 7.64. The van der Waals surface area contributed by atoms with E-state index >= 15 is 0 Å². The summed E-state index contributed by atoms with van der Waals surface area (Å²) in [5.74, 6) is 0. The van der Waals surface area contributed by atoms with Crippen LogP contribution in [0, 0.1) is 0 Å². The molecule has 0 aliphatic heterocycles. The number of hydrogen-bond acceptors (Lipinski definition) is 4. The molecule has 1 N–H and O–H groups in total. The maximum absolute atomic E-state index is 4.32. The summed E-state index contributed by atoms with van der Waals surface area (Å²) in [5.41, 5.74) is 2.24. The molecule has 0 fully saturated rings. The van der Waals surface area contributed by atoms with Crippen molar-refractivity contribution in [3.05, 3.63) is 46.1 Å². The quantitative estimate of drug-likeness (QED) is 0.756. The Morgan fingerprint density at radius 3 is 3.00 bits per heavy atom. The van der Waals surface area contributed by atoms with E-state index in [1.54, 1.807) is 22.7 Å². The number of nitrogens with one attached hydrogen (secondary N) is 1. The Hall–Kier alpha value is -1.39. The van der Waals surface area contributed by atoms with Crippen molar-refractivity contribution in [1.29, 1.82) is 0 Å². The third-order valence-corrected chi connectivity index (χ3v) is 4.19. The molecule has 0 spiro atoms. The van der Waals surface area contributed by atoms with Crippen LogP contribution >= 0.6 is 22.7 Å². The lowest BCUT2D eigenvalue weighted by molar-refractivity contribution is 1.20. The van der Waals surface area contributed by atoms with Gasteiger partial charge in [-0.25, -0.2) is 0 Å². The predicted octanol–water partition coefficient (Wildman–Crippen LogP) is 3.97. The molecule has 3 heterocycles. The zero-order valence-corrected chi connectivity index (χ0v) is 10.1. The van der Waals surface area contributed by atoms with Crippen LogP contribution < -0.4 is 5.32 Å². The summed E-state index contributed by atoms with van der Waals surface area (Å²) >= 11 is 3.50. The molecule has 0 amide bonds. The lowest BCUT2D eigenvalue weighted by Crippen LogP contribution is -1.97. The van der Waals surface area contributed by atoms with E-state index in [2.05, 4.69) is 39.3 Å². The van der Waals surface area contributed by atoms with Gasteiger partial charge in [-0.3, -0.25) is 4.98 Å². The van der Waals surface area contributed by atoms with Gasteiger partial charge in [-0.15, -0.1) is 22.7 Å². The van der Waals surface area contributed by atoms with Crippen molar-refractivity contribution >= 4 is 38.6 Å². The number of nitrogens with zero attached hydrogens (tertiary/aromatic N) is 1. The molecule has 0 unspecified atom stereocenters. The summed E-state index contributed by atoms with van der Waals surface area (Å²) in [6, 6.07) is 8.31. The molecule has 0 radical (unpaired) electrons. The van der Waals surface area contributed by atoms with Gasteiger partial charge in [0.05, 0.1) is 15.9 Å². The van der Waals surface area contributed by atoms with Crippen LogP contribution in [0.2, 0.25) is 0 Å². The average molecular weight is 246 g/mol. The smallest absolute Gasteiger partial charge is 0.0830 e. The zero-order chi connectivity index (χ0) is 10.8. The zero-order valence-electron chi connectivity index (χ0n) is 8.51. The van der Waals surface area contributed by atoms with Crippen LogP contribution in [-0.4, -0.2) is 4.98 Å². The summed E-state index contributed by atoms with van der Waals surface area (Å²) in [6.07, 6.45) is 1.85. The molecule has 0 aliphatic rings. The third kappa shape index (κ3) is 1.81. The van der Waals surface area contributed by atoms with Crippen LogP contribution in [0.3, 0.4) is 0 Å². The van der Waals surface area contributed by atoms with Crippen LogP contribution in [0.4, 0.5) is 5.69 Å². The van der Waals surface area contributed by atoms with Crippen LogP contribution in [0.25, 0.3) is 10.2 Å². The summed E-state index contributed by atoms with van der Waals surface area (Å²) < 4.78 is 1.24. The van der Waals surface area contributed by atoms with Crippen LogP contribution in [0.5, 0.6) is 0 Å². The van der Waals surface area contributed by atoms with E-state index in [4.69, 9.17) is 0 Å². The van der Waals surface area contributed by atoms with Gasteiger partial charge in [-0.1, -0.05) is 6.07 Å². The van der Waals surface area contributed by atoms with E-state index < -0.39 is 0 Å². The first-order chi connectivity index (χ1) is 7.93. The minimum atomic E-state index is 0.884. The fourth-order valence-electron chi connectivity index (χ4n) is 1.61. The molecule has 2 nitrogen and oxygen atoms in total. The topological polar surface area (TPSA) is 24.9 Å². The van der Waals surface area contributed by atoms with E-state index in [0.29, 0.717) is 0 Å². The fourth-order valence-corrected chi connectivity index (χ4v) is 3.09. The number of rotatable bonds is 3. The number of thiophene rings is 2. The van der Waals surface area contributed by atoms with Gasteiger partial charge in [0.25, 0.3) is 0 Å². The van der Waals surface area contributed by atoms with Gasteiger partial charge in [0.1, 0.15) is 0 Å². The second kappa shape index (κ2) is 4.23. The highest BCUT2D eigenvalue weighted by Gasteiger charge is 2.02. The second-order valence-electron chi connectivity index (χ2n) is 3.43. The van der Waals surface area contributed by atoms with Crippen molar-refractivity contribution < 1.29 is 0 Å². The molecule has 0 aliphatic carbocycles. The summed E-state index contributed by atoms with van der Waals surface area (Å²) in [6.45, 7) is 0.884. The highest BCUT2D eigenvalue weighted by Crippen LogP contribution is 2.27. The Labute approximate surface area is 102 Å². The Morgan fingerprint density at radius 1 is 1.12 bits per heavy atom. The molecule has 3 aromatic heterocycles. The van der Waals surface area contributed by atoms with Gasteiger partial charge >= 0.3 is 0 Å². The van der Waals surface area contributed by atoms with Crippen LogP contribution in [0.1, 0.15) is 4.88 Å². The molecule has 3 aromatic rings. The van der Waals surface area contributed by atoms with E-state index in [0.717, 1.165) is 12.1 Å². The van der Waals surface area contributed by atoms with Crippen LogP contribution in [-0.2, 0) is 6.54 Å². The van der Waals surface area contributed by atoms with Crippen molar-refractivity contribution in [2.75, 3.05) is 5.32 Å². The molecule has 0 bridgehead atoms. The first-order valence-corrected chi connectivity index (χ1v) is 6.78. The number of aromatic nitrogens is 1. The van der Waals surface area contributed by atoms with E-state index in [-0.39, 0.29) is 0 Å². The van der Waals surface area contributed by atoms with Gasteiger partial charge in [0, 0.05) is 17.6 Å². The lowest BCUT2D eigenvalue weighted by atomic mass is 10.3. The highest BCUT2D eigenvalue weighted by molar-refractivity contribution is 7.17. The van der Waals surface area contributed by atoms with Crippen molar-refractivity contribution in [1.82, 2.24) is 4.98 Å². The maximum atomic E-state index is 4.32. The highest BCUT2D eigenvalue weighted by atomic mass is 32.1. The number of hydrogen-bond donors (Lipinski definition) is 1. The first-order valence-electron chi connectivity index (χ1n) is 5.02. The predicted molar refractivity (Wildman–Crippen MR) is 71.3 cm³/mol. The van der Waals surface area contributed by atoms with Crippen molar-refractivity contribution in [3.63, 3.8) is 0 Å². The minimum Gasteiger partial charge on any atom is -0.379 e. The molecule has 80 valence electrons. The van der Waals surface area contributed by atoms with Crippen molar-refractivity contribution in [3.8, 4) is 0 Å². The average Bonchev–Trinajstić information content (AvgIpc) is 2.97. The largest absolute Gasteiger partial charge is 0.379 e. The maximum Gasteiger partial charge on any atom is 0.0830 e. The van der Waals surface area contributed by atoms with E-state index in [1.807, 2.05) is 12.3 Å². The van der Waals surface area contributed by atoms with Gasteiger partial charge < -0.3 is 5.32 Å². The monoisotopic (exact) mass is 246 g/mol. The molecule has 0 saturated heterocycles. The van der Waals surface area contributed by atoms with Crippen molar-refractivity contribution in [2.24, 2.45) is 0 Å². The molecule has 0 aromatic carbocycles. The molecule has 16 heavy (non-hydrogen) atoms. The standard InChI is InChI=1S/C12H10N2S2/c1-2-9(15-6-1)8-14-10-3-5-13-11-4-7-16-12(10)11/h1-7H,8H2,(H,13,14). The van der Waals surface area contributed by atoms with Gasteiger partial charge in [0.15, 0.2) is 0 Å². The molecule has 0 saturated carbocycles. The Bertz CT molecular complexity index is 584. The van der Waals surface area contributed by atoms with E-state index in [9.17, 15) is 0 Å². The van der Waals surface area contributed by atoms with Gasteiger partial charge in [-0.2, -0.15) is 0 Å². The Balaban J connectivity index is 1.86. The number of fused-ring (bicyclic) bond motifs is 1. The fraction of sp³-hybridized carbons (Fsp3) is 0.0833.